The normalized spacial score (nSPS) is 19.7. The maximum absolute atomic E-state index is 10.6. The lowest BCUT2D eigenvalue weighted by Gasteiger charge is -2.38. The molecule has 3 heterocycles. The second kappa shape index (κ2) is 10.1. The van der Waals surface area contributed by atoms with Gasteiger partial charge in [-0.15, -0.1) is 0 Å². The van der Waals surface area contributed by atoms with Gasteiger partial charge in [-0.05, 0) is 49.2 Å². The Morgan fingerprint density at radius 3 is 2.56 bits per heavy atom. The topological polar surface area (TPSA) is 96.6 Å². The van der Waals surface area contributed by atoms with E-state index in [-0.39, 0.29) is 5.60 Å². The van der Waals surface area contributed by atoms with E-state index in [1.165, 1.54) is 10.8 Å². The number of carboxylic acid groups (broad SMARTS) is 1. The van der Waals surface area contributed by atoms with Gasteiger partial charge in [-0.2, -0.15) is 13.2 Å². The van der Waals surface area contributed by atoms with E-state index in [1.54, 1.807) is 0 Å². The molecular formula is C24H26F3N3O4. The maximum Gasteiger partial charge on any atom is 0.490 e. The first-order chi connectivity index (χ1) is 16.3. The third-order valence-corrected chi connectivity index (χ3v) is 6.25. The lowest BCUT2D eigenvalue weighted by atomic mass is 9.85. The van der Waals surface area contributed by atoms with Crippen LogP contribution < -0.4 is 10.6 Å². The average Bonchev–Trinajstić information content (AvgIpc) is 3.45. The highest BCUT2D eigenvalue weighted by Crippen LogP contribution is 2.34. The predicted octanol–water partition coefficient (Wildman–Crippen LogP) is 4.13. The van der Waals surface area contributed by atoms with Gasteiger partial charge in [0.2, 0.25) is 0 Å². The van der Waals surface area contributed by atoms with E-state index >= 15 is 0 Å². The smallest absolute Gasteiger partial charge is 0.475 e. The lowest BCUT2D eigenvalue weighted by molar-refractivity contribution is -0.192. The Kier molecular flexibility index (Phi) is 7.20. The molecule has 2 saturated heterocycles. The molecule has 5 rings (SSSR count). The first-order valence-corrected chi connectivity index (χ1v) is 11.1. The number of alkyl halides is 3. The molecule has 0 radical (unpaired) electrons. The Balaban J connectivity index is 0.000000344. The molecule has 0 saturated carbocycles. The van der Waals surface area contributed by atoms with Crippen molar-refractivity contribution in [3.05, 3.63) is 54.2 Å². The minimum Gasteiger partial charge on any atom is -0.475 e. The van der Waals surface area contributed by atoms with Crippen LogP contribution in [0.25, 0.3) is 22.1 Å². The van der Waals surface area contributed by atoms with Crippen molar-refractivity contribution in [3.8, 4) is 11.3 Å². The molecule has 2 aromatic carbocycles. The van der Waals surface area contributed by atoms with Gasteiger partial charge in [0.05, 0.1) is 11.3 Å². The molecule has 2 aliphatic heterocycles. The van der Waals surface area contributed by atoms with Gasteiger partial charge in [-0.25, -0.2) is 4.79 Å². The zero-order chi connectivity index (χ0) is 24.2. The minimum absolute atomic E-state index is 0.00381. The fraction of sp³-hybridized carbons (Fsp3) is 0.417. The molecule has 1 aromatic heterocycles. The van der Waals surface area contributed by atoms with Gasteiger partial charge in [0.25, 0.3) is 0 Å². The second-order valence-electron chi connectivity index (χ2n) is 8.43. The summed E-state index contributed by atoms with van der Waals surface area (Å²) in [6.07, 6.45) is -1.87. The molecule has 2 fully saturated rings. The first-order valence-electron chi connectivity index (χ1n) is 11.1. The Labute approximate surface area is 194 Å². The fourth-order valence-electron chi connectivity index (χ4n) is 4.48. The van der Waals surface area contributed by atoms with Crippen LogP contribution in [-0.4, -0.2) is 53.7 Å². The van der Waals surface area contributed by atoms with Gasteiger partial charge >= 0.3 is 12.1 Å². The molecule has 2 aliphatic rings. The summed E-state index contributed by atoms with van der Waals surface area (Å²) in [7, 11) is 0. The Bertz CT molecular complexity index is 1130. The Morgan fingerprint density at radius 1 is 1.15 bits per heavy atom. The van der Waals surface area contributed by atoms with E-state index in [0.29, 0.717) is 12.6 Å². The van der Waals surface area contributed by atoms with Gasteiger partial charge in [0, 0.05) is 30.8 Å². The number of fused-ring (bicyclic) bond motifs is 1. The molecule has 182 valence electrons. The van der Waals surface area contributed by atoms with Gasteiger partial charge in [-0.1, -0.05) is 41.6 Å². The average molecular weight is 477 g/mol. The Hall–Kier alpha value is -2.95. The third kappa shape index (κ3) is 5.57. The van der Waals surface area contributed by atoms with Crippen molar-refractivity contribution < 1.29 is 32.3 Å². The van der Waals surface area contributed by atoms with Crippen molar-refractivity contribution in [1.29, 1.82) is 0 Å². The van der Waals surface area contributed by atoms with E-state index in [2.05, 4.69) is 58.3 Å². The highest BCUT2D eigenvalue weighted by molar-refractivity contribution is 5.86. The molecule has 3 N–H and O–H groups in total. The van der Waals surface area contributed by atoms with Crippen LogP contribution >= 0.6 is 0 Å². The molecule has 0 amide bonds. The molecule has 0 aliphatic carbocycles. The van der Waals surface area contributed by atoms with Crippen molar-refractivity contribution in [3.63, 3.8) is 0 Å². The predicted molar refractivity (Wildman–Crippen MR) is 119 cm³/mol. The standard InChI is InChI=1S/C22H25N3O2.C2HF3O2/c1-2-4-17-13-18(6-5-16(17)3-1)20-14-19(25-27-20)15-24-21-7-12-26-22(21)8-10-23-11-9-22;3-2(4,5)1(6)7/h1-6,13-14,21,23-24H,7-12,15H2;(H,6,7). The molecule has 1 unspecified atom stereocenters. The Morgan fingerprint density at radius 2 is 1.85 bits per heavy atom. The SMILES string of the molecule is O=C(O)C(F)(F)F.c1ccc2cc(-c3cc(CNC4CCOC45CCNCC5)no3)ccc2c1. The highest BCUT2D eigenvalue weighted by Gasteiger charge is 2.44. The van der Waals surface area contributed by atoms with Crippen LogP contribution in [0.1, 0.15) is 25.0 Å². The number of piperidine rings is 1. The molecule has 7 nitrogen and oxygen atoms in total. The van der Waals surface area contributed by atoms with Crippen LogP contribution in [0.2, 0.25) is 0 Å². The van der Waals surface area contributed by atoms with Crippen LogP contribution in [0.5, 0.6) is 0 Å². The number of rotatable bonds is 4. The van der Waals surface area contributed by atoms with E-state index in [9.17, 15) is 13.2 Å². The maximum atomic E-state index is 10.6. The summed E-state index contributed by atoms with van der Waals surface area (Å²) in [5, 5.41) is 21.0. The summed E-state index contributed by atoms with van der Waals surface area (Å²) in [5.74, 6) is -1.94. The number of nitrogens with one attached hydrogen (secondary N) is 2. The van der Waals surface area contributed by atoms with Crippen molar-refractivity contribution >= 4 is 16.7 Å². The van der Waals surface area contributed by atoms with Crippen molar-refractivity contribution in [2.24, 2.45) is 0 Å². The number of hydrogen-bond acceptors (Lipinski definition) is 6. The van der Waals surface area contributed by atoms with Crippen LogP contribution in [0.15, 0.2) is 53.1 Å². The van der Waals surface area contributed by atoms with Gasteiger partial charge in [0.15, 0.2) is 5.76 Å². The number of carboxylic acids is 1. The molecular weight excluding hydrogens is 451 g/mol. The van der Waals surface area contributed by atoms with Crippen molar-refractivity contribution in [1.82, 2.24) is 15.8 Å². The van der Waals surface area contributed by atoms with Gasteiger partial charge < -0.3 is 25.0 Å². The first kappa shape index (κ1) is 24.2. The number of benzene rings is 2. The van der Waals surface area contributed by atoms with Gasteiger partial charge in [-0.3, -0.25) is 0 Å². The number of aliphatic carboxylic acids is 1. The van der Waals surface area contributed by atoms with E-state index in [0.717, 1.165) is 56.0 Å². The molecule has 1 atom stereocenters. The second-order valence-corrected chi connectivity index (χ2v) is 8.43. The van der Waals surface area contributed by atoms with E-state index in [4.69, 9.17) is 19.2 Å². The van der Waals surface area contributed by atoms with Crippen molar-refractivity contribution in [2.75, 3.05) is 19.7 Å². The summed E-state index contributed by atoms with van der Waals surface area (Å²) in [5.41, 5.74) is 2.00. The van der Waals surface area contributed by atoms with Crippen LogP contribution in [-0.2, 0) is 16.1 Å². The van der Waals surface area contributed by atoms with Crippen molar-refractivity contribution in [2.45, 2.75) is 43.6 Å². The summed E-state index contributed by atoms with van der Waals surface area (Å²) < 4.78 is 43.5. The summed E-state index contributed by atoms with van der Waals surface area (Å²) in [6.45, 7) is 3.63. The van der Waals surface area contributed by atoms with Gasteiger partial charge in [0.1, 0.15) is 0 Å². The molecule has 1 spiro atoms. The number of halogens is 3. The molecule has 34 heavy (non-hydrogen) atoms. The minimum atomic E-state index is -5.08. The fourth-order valence-corrected chi connectivity index (χ4v) is 4.48. The number of carbonyl (C=O) groups is 1. The number of aromatic nitrogens is 1. The van der Waals surface area contributed by atoms with Crippen LogP contribution in [0, 0.1) is 0 Å². The molecule has 0 bridgehead atoms. The summed E-state index contributed by atoms with van der Waals surface area (Å²) >= 11 is 0. The molecule has 3 aromatic rings. The largest absolute Gasteiger partial charge is 0.490 e. The van der Waals surface area contributed by atoms with Crippen LogP contribution in [0.4, 0.5) is 13.2 Å². The van der Waals surface area contributed by atoms with E-state index in [1.807, 2.05) is 6.07 Å². The zero-order valence-corrected chi connectivity index (χ0v) is 18.4. The van der Waals surface area contributed by atoms with E-state index < -0.39 is 12.1 Å². The number of ether oxygens (including phenoxy) is 1. The number of hydrogen-bond donors (Lipinski definition) is 3. The van der Waals surface area contributed by atoms with Crippen LogP contribution in [0.3, 0.4) is 0 Å². The highest BCUT2D eigenvalue weighted by atomic mass is 19.4. The lowest BCUT2D eigenvalue weighted by Crippen LogP contribution is -2.53. The summed E-state index contributed by atoms with van der Waals surface area (Å²) in [4.78, 5) is 8.90. The monoisotopic (exact) mass is 477 g/mol. The summed E-state index contributed by atoms with van der Waals surface area (Å²) in [6, 6.07) is 17.2. The third-order valence-electron chi connectivity index (χ3n) is 6.25. The zero-order valence-electron chi connectivity index (χ0n) is 18.4. The quantitative estimate of drug-likeness (QED) is 0.520. The molecule has 10 heteroatoms. The number of nitrogens with zero attached hydrogens (tertiary/aromatic N) is 1.